The second-order valence-electron chi connectivity index (χ2n) is 5.93. The minimum atomic E-state index is 0.503. The van der Waals surface area contributed by atoms with E-state index in [4.69, 9.17) is 4.98 Å². The van der Waals surface area contributed by atoms with Crippen LogP contribution >= 0.6 is 11.3 Å². The second-order valence-corrected chi connectivity index (χ2v) is 6.99. The summed E-state index contributed by atoms with van der Waals surface area (Å²) >= 11 is 1.86. The molecule has 1 atom stereocenters. The fourth-order valence-electron chi connectivity index (χ4n) is 2.39. The molecule has 19 heavy (non-hydrogen) atoms. The van der Waals surface area contributed by atoms with Gasteiger partial charge in [0.1, 0.15) is 0 Å². The highest BCUT2D eigenvalue weighted by Crippen LogP contribution is 2.38. The molecule has 0 bridgehead atoms. The molecule has 3 nitrogen and oxygen atoms in total. The molecule has 1 heterocycles. The first-order valence-electron chi connectivity index (χ1n) is 7.47. The molecule has 1 saturated carbocycles. The standard InChI is InChI=1S/C15H27N3S/c1-6-16-9-13-14(10(2)3)17-15(19-13)18(5)11(4)12-7-8-12/h10-12,16H,6-9H2,1-5H3. The first kappa shape index (κ1) is 14.8. The molecule has 1 aliphatic carbocycles. The minimum Gasteiger partial charge on any atom is -0.348 e. The maximum atomic E-state index is 4.90. The molecule has 1 N–H and O–H groups in total. The normalized spacial score (nSPS) is 16.9. The summed E-state index contributed by atoms with van der Waals surface area (Å²) in [4.78, 5) is 8.68. The SMILES string of the molecule is CCNCc1sc(N(C)C(C)C2CC2)nc1C(C)C. The van der Waals surface area contributed by atoms with Gasteiger partial charge in [-0.2, -0.15) is 0 Å². The van der Waals surface area contributed by atoms with Crippen LogP contribution in [0.2, 0.25) is 0 Å². The Balaban J connectivity index is 2.15. The number of anilines is 1. The number of hydrogen-bond donors (Lipinski definition) is 1. The zero-order chi connectivity index (χ0) is 14.0. The Morgan fingerprint density at radius 3 is 2.58 bits per heavy atom. The number of nitrogens with one attached hydrogen (secondary N) is 1. The van der Waals surface area contributed by atoms with E-state index in [1.807, 2.05) is 11.3 Å². The highest BCUT2D eigenvalue weighted by molar-refractivity contribution is 7.15. The maximum absolute atomic E-state index is 4.90. The van der Waals surface area contributed by atoms with Gasteiger partial charge in [-0.3, -0.25) is 0 Å². The van der Waals surface area contributed by atoms with Crippen molar-refractivity contribution in [2.24, 2.45) is 5.92 Å². The fourth-order valence-corrected chi connectivity index (χ4v) is 3.62. The largest absolute Gasteiger partial charge is 0.348 e. The number of rotatable bonds is 7. The number of aromatic nitrogens is 1. The third kappa shape index (κ3) is 3.48. The molecule has 4 heteroatoms. The zero-order valence-corrected chi connectivity index (χ0v) is 13.7. The molecule has 0 saturated heterocycles. The monoisotopic (exact) mass is 281 g/mol. The average molecular weight is 281 g/mol. The van der Waals surface area contributed by atoms with E-state index in [9.17, 15) is 0 Å². The smallest absolute Gasteiger partial charge is 0.185 e. The molecule has 0 aromatic carbocycles. The minimum absolute atomic E-state index is 0.503. The highest BCUT2D eigenvalue weighted by atomic mass is 32.1. The zero-order valence-electron chi connectivity index (χ0n) is 12.9. The van der Waals surface area contributed by atoms with Crippen LogP contribution in [-0.4, -0.2) is 24.6 Å². The molecule has 0 aliphatic heterocycles. The Morgan fingerprint density at radius 2 is 2.05 bits per heavy atom. The molecule has 0 radical (unpaired) electrons. The van der Waals surface area contributed by atoms with Crippen molar-refractivity contribution < 1.29 is 0 Å². The van der Waals surface area contributed by atoms with Gasteiger partial charge < -0.3 is 10.2 Å². The average Bonchev–Trinajstić information content (AvgIpc) is 3.14. The lowest BCUT2D eigenvalue weighted by Gasteiger charge is -2.24. The van der Waals surface area contributed by atoms with Crippen molar-refractivity contribution in [3.8, 4) is 0 Å². The first-order valence-corrected chi connectivity index (χ1v) is 8.29. The molecule has 1 fully saturated rings. The van der Waals surface area contributed by atoms with Crippen molar-refractivity contribution >= 4 is 16.5 Å². The molecule has 1 aliphatic rings. The lowest BCUT2D eigenvalue weighted by Crippen LogP contribution is -2.30. The van der Waals surface area contributed by atoms with Crippen LogP contribution in [0.5, 0.6) is 0 Å². The van der Waals surface area contributed by atoms with E-state index < -0.39 is 0 Å². The van der Waals surface area contributed by atoms with Crippen molar-refractivity contribution in [1.29, 1.82) is 0 Å². The second kappa shape index (κ2) is 6.23. The van der Waals surface area contributed by atoms with Crippen LogP contribution in [-0.2, 0) is 6.54 Å². The first-order chi connectivity index (χ1) is 9.04. The molecule has 1 unspecified atom stereocenters. The third-order valence-electron chi connectivity index (χ3n) is 4.02. The molecule has 0 spiro atoms. The lowest BCUT2D eigenvalue weighted by atomic mass is 10.1. The van der Waals surface area contributed by atoms with Crippen molar-refractivity contribution in [3.63, 3.8) is 0 Å². The van der Waals surface area contributed by atoms with Crippen LogP contribution in [0.25, 0.3) is 0 Å². The van der Waals surface area contributed by atoms with Gasteiger partial charge >= 0.3 is 0 Å². The van der Waals surface area contributed by atoms with Gasteiger partial charge in [-0.25, -0.2) is 4.98 Å². The highest BCUT2D eigenvalue weighted by Gasteiger charge is 2.32. The van der Waals surface area contributed by atoms with Crippen molar-refractivity contribution in [3.05, 3.63) is 10.6 Å². The van der Waals surface area contributed by atoms with Crippen LogP contribution < -0.4 is 10.2 Å². The van der Waals surface area contributed by atoms with Crippen LogP contribution in [0, 0.1) is 5.92 Å². The summed E-state index contributed by atoms with van der Waals surface area (Å²) in [5.41, 5.74) is 1.27. The van der Waals surface area contributed by atoms with Gasteiger partial charge in [0.2, 0.25) is 0 Å². The fraction of sp³-hybridized carbons (Fsp3) is 0.800. The van der Waals surface area contributed by atoms with Gasteiger partial charge in [0.15, 0.2) is 5.13 Å². The Bertz CT molecular complexity index is 410. The van der Waals surface area contributed by atoms with E-state index in [-0.39, 0.29) is 0 Å². The van der Waals surface area contributed by atoms with E-state index in [1.54, 1.807) is 0 Å². The van der Waals surface area contributed by atoms with Crippen molar-refractivity contribution in [1.82, 2.24) is 10.3 Å². The topological polar surface area (TPSA) is 28.2 Å². The summed E-state index contributed by atoms with van der Waals surface area (Å²) in [6.07, 6.45) is 2.77. The van der Waals surface area contributed by atoms with E-state index in [2.05, 4.69) is 45.0 Å². The molecule has 108 valence electrons. The van der Waals surface area contributed by atoms with Gasteiger partial charge in [-0.1, -0.05) is 20.8 Å². The van der Waals surface area contributed by atoms with E-state index >= 15 is 0 Å². The summed E-state index contributed by atoms with van der Waals surface area (Å²) in [6.45, 7) is 10.9. The van der Waals surface area contributed by atoms with E-state index in [0.717, 1.165) is 19.0 Å². The van der Waals surface area contributed by atoms with Gasteiger partial charge in [-0.05, 0) is 38.1 Å². The van der Waals surface area contributed by atoms with Gasteiger partial charge in [0.05, 0.1) is 5.69 Å². The molecule has 1 aromatic heterocycles. The van der Waals surface area contributed by atoms with Gasteiger partial charge in [-0.15, -0.1) is 11.3 Å². The van der Waals surface area contributed by atoms with Gasteiger partial charge in [0.25, 0.3) is 0 Å². The summed E-state index contributed by atoms with van der Waals surface area (Å²) in [7, 11) is 2.20. The van der Waals surface area contributed by atoms with Crippen LogP contribution in [0.3, 0.4) is 0 Å². The van der Waals surface area contributed by atoms with Crippen molar-refractivity contribution in [2.45, 2.75) is 59.0 Å². The lowest BCUT2D eigenvalue weighted by molar-refractivity contribution is 0.606. The van der Waals surface area contributed by atoms with Gasteiger partial charge in [0, 0.05) is 24.5 Å². The van der Waals surface area contributed by atoms with E-state index in [0.29, 0.717) is 12.0 Å². The summed E-state index contributed by atoms with van der Waals surface area (Å²) < 4.78 is 0. The summed E-state index contributed by atoms with van der Waals surface area (Å²) in [5, 5.41) is 4.62. The third-order valence-corrected chi connectivity index (χ3v) is 5.18. The number of nitrogens with zero attached hydrogens (tertiary/aromatic N) is 2. The van der Waals surface area contributed by atoms with Crippen LogP contribution in [0.4, 0.5) is 5.13 Å². The number of thiazole rings is 1. The molecule has 2 rings (SSSR count). The quantitative estimate of drug-likeness (QED) is 0.827. The van der Waals surface area contributed by atoms with E-state index in [1.165, 1.54) is 28.5 Å². The molecule has 0 amide bonds. The number of hydrogen-bond acceptors (Lipinski definition) is 4. The Hall–Kier alpha value is -0.610. The van der Waals surface area contributed by atoms with Crippen LogP contribution in [0.1, 0.15) is 57.0 Å². The Labute approximate surface area is 121 Å². The Morgan fingerprint density at radius 1 is 1.37 bits per heavy atom. The Kier molecular flexibility index (Phi) is 4.85. The summed E-state index contributed by atoms with van der Waals surface area (Å²) in [5.74, 6) is 1.39. The predicted octanol–water partition coefficient (Wildman–Crippen LogP) is 3.61. The van der Waals surface area contributed by atoms with Crippen LogP contribution in [0.15, 0.2) is 0 Å². The maximum Gasteiger partial charge on any atom is 0.185 e. The summed E-state index contributed by atoms with van der Waals surface area (Å²) in [6, 6.07) is 0.623. The molecular formula is C15H27N3S. The van der Waals surface area contributed by atoms with Crippen molar-refractivity contribution in [2.75, 3.05) is 18.5 Å². The molecular weight excluding hydrogens is 254 g/mol. The predicted molar refractivity (Wildman–Crippen MR) is 84.2 cm³/mol. The molecule has 1 aromatic rings.